The number of H-pyrrole nitrogens is 1. The predicted molar refractivity (Wildman–Crippen MR) is 150 cm³/mol. The van der Waals surface area contributed by atoms with Crippen LogP contribution in [-0.2, 0) is 13.1 Å². The highest BCUT2D eigenvalue weighted by molar-refractivity contribution is 5.84. The molecule has 3 aliphatic rings. The number of piperazine rings is 1. The highest BCUT2D eigenvalue weighted by Gasteiger charge is 2.24. The molecule has 2 aromatic carbocycles. The number of anilines is 2. The maximum atomic E-state index is 5.54. The molecule has 0 spiro atoms. The molecule has 2 saturated heterocycles. The first-order valence-electron chi connectivity index (χ1n) is 13.9. The van der Waals surface area contributed by atoms with Gasteiger partial charge in [-0.15, -0.1) is 0 Å². The zero-order valence-electron chi connectivity index (χ0n) is 22.1. The number of rotatable bonds is 7. The number of ether oxygens (including phenoxy) is 2. The van der Waals surface area contributed by atoms with Crippen molar-refractivity contribution in [3.8, 4) is 11.5 Å². The molecule has 0 radical (unpaired) electrons. The van der Waals surface area contributed by atoms with Gasteiger partial charge in [-0.25, -0.2) is 4.98 Å². The van der Waals surface area contributed by atoms with E-state index in [9.17, 15) is 0 Å². The van der Waals surface area contributed by atoms with Crippen LogP contribution < -0.4 is 19.7 Å². The van der Waals surface area contributed by atoms with E-state index in [1.807, 2.05) is 6.07 Å². The summed E-state index contributed by atoms with van der Waals surface area (Å²) >= 11 is 0. The maximum Gasteiger partial charge on any atom is 0.231 e. The number of hydrogen-bond donors (Lipinski definition) is 2. The summed E-state index contributed by atoms with van der Waals surface area (Å²) in [5.74, 6) is 3.28. The van der Waals surface area contributed by atoms with Crippen LogP contribution in [0.3, 0.4) is 0 Å². The third-order valence-corrected chi connectivity index (χ3v) is 7.95. The molecular weight excluding hydrogens is 492 g/mol. The van der Waals surface area contributed by atoms with E-state index in [4.69, 9.17) is 19.4 Å². The molecule has 0 bridgehead atoms. The van der Waals surface area contributed by atoms with Crippen LogP contribution in [0, 0.1) is 0 Å². The van der Waals surface area contributed by atoms with E-state index < -0.39 is 0 Å². The monoisotopic (exact) mass is 526 g/mol. The van der Waals surface area contributed by atoms with Crippen LogP contribution in [0.25, 0.3) is 11.2 Å². The van der Waals surface area contributed by atoms with Crippen LogP contribution in [0.4, 0.5) is 11.8 Å². The lowest BCUT2D eigenvalue weighted by atomic mass is 10.0. The molecule has 0 unspecified atom stereocenters. The SMILES string of the molecule is c1ccc(CN2CCC(Nc3nc(N4CCN(Cc5ccc6c(c5)OCO6)CC4)nc4nc[nH]c34)CC2)cc1. The Morgan fingerprint density at radius 1 is 0.821 bits per heavy atom. The van der Waals surface area contributed by atoms with Crippen molar-refractivity contribution < 1.29 is 9.47 Å². The van der Waals surface area contributed by atoms with Crippen LogP contribution in [0.5, 0.6) is 11.5 Å². The molecule has 2 aromatic heterocycles. The lowest BCUT2D eigenvalue weighted by Crippen LogP contribution is -2.46. The number of hydrogen-bond acceptors (Lipinski definition) is 9. The number of aromatic amines is 1. The van der Waals surface area contributed by atoms with Gasteiger partial charge in [-0.3, -0.25) is 9.80 Å². The van der Waals surface area contributed by atoms with Gasteiger partial charge in [-0.1, -0.05) is 36.4 Å². The number of imidazole rings is 1. The van der Waals surface area contributed by atoms with Crippen molar-refractivity contribution in [3.05, 3.63) is 66.0 Å². The molecule has 10 nitrogen and oxygen atoms in total. The van der Waals surface area contributed by atoms with Gasteiger partial charge in [-0.05, 0) is 36.1 Å². The summed E-state index contributed by atoms with van der Waals surface area (Å²) in [6.45, 7) is 7.98. The Hall–Kier alpha value is -3.89. The van der Waals surface area contributed by atoms with Gasteiger partial charge in [0.25, 0.3) is 0 Å². The zero-order chi connectivity index (χ0) is 26.0. The normalized spacial score (nSPS) is 18.6. The van der Waals surface area contributed by atoms with Crippen LogP contribution in [0.1, 0.15) is 24.0 Å². The van der Waals surface area contributed by atoms with Gasteiger partial charge in [0.2, 0.25) is 12.7 Å². The van der Waals surface area contributed by atoms with E-state index in [0.29, 0.717) is 18.5 Å². The molecule has 5 heterocycles. The molecule has 202 valence electrons. The summed E-state index contributed by atoms with van der Waals surface area (Å²) in [5.41, 5.74) is 4.21. The first-order valence-corrected chi connectivity index (χ1v) is 13.9. The molecule has 39 heavy (non-hydrogen) atoms. The standard InChI is InChI=1S/C29H34N8O2/c1-2-4-21(5-3-1)17-35-10-8-23(9-11-35)32-28-26-27(31-19-30-26)33-29(34-28)37-14-12-36(13-15-37)18-22-6-7-24-25(16-22)39-20-38-24/h1-7,16,19,23H,8-15,17-18,20H2,(H2,30,31,32,33,34). The van der Waals surface area contributed by atoms with E-state index in [1.165, 1.54) is 11.1 Å². The van der Waals surface area contributed by atoms with E-state index >= 15 is 0 Å². The molecule has 7 rings (SSSR count). The fraction of sp³-hybridized carbons (Fsp3) is 0.414. The smallest absolute Gasteiger partial charge is 0.231 e. The highest BCUT2D eigenvalue weighted by atomic mass is 16.7. The Kier molecular flexibility index (Phi) is 6.63. The van der Waals surface area contributed by atoms with Crippen molar-refractivity contribution in [1.82, 2.24) is 29.7 Å². The minimum atomic E-state index is 0.308. The minimum absolute atomic E-state index is 0.308. The molecule has 0 amide bonds. The van der Waals surface area contributed by atoms with Crippen LogP contribution in [0.15, 0.2) is 54.9 Å². The van der Waals surface area contributed by atoms with E-state index in [0.717, 1.165) is 94.0 Å². The predicted octanol–water partition coefficient (Wildman–Crippen LogP) is 3.48. The number of aromatic nitrogens is 4. The van der Waals surface area contributed by atoms with Gasteiger partial charge in [-0.2, -0.15) is 9.97 Å². The highest BCUT2D eigenvalue weighted by Crippen LogP contribution is 2.33. The number of piperidine rings is 1. The molecule has 0 saturated carbocycles. The second-order valence-electron chi connectivity index (χ2n) is 10.6. The second-order valence-corrected chi connectivity index (χ2v) is 10.6. The largest absolute Gasteiger partial charge is 0.454 e. The van der Waals surface area contributed by atoms with E-state index in [1.54, 1.807) is 6.33 Å². The van der Waals surface area contributed by atoms with Gasteiger partial charge >= 0.3 is 0 Å². The number of likely N-dealkylation sites (tertiary alicyclic amines) is 1. The summed E-state index contributed by atoms with van der Waals surface area (Å²) in [6, 6.07) is 17.3. The molecule has 2 fully saturated rings. The quantitative estimate of drug-likeness (QED) is 0.375. The van der Waals surface area contributed by atoms with Gasteiger partial charge in [0, 0.05) is 58.4 Å². The Labute approximate surface area is 228 Å². The van der Waals surface area contributed by atoms with E-state index in [-0.39, 0.29) is 0 Å². The molecule has 4 aromatic rings. The lowest BCUT2D eigenvalue weighted by molar-refractivity contribution is 0.174. The summed E-state index contributed by atoms with van der Waals surface area (Å²) in [4.78, 5) is 24.8. The van der Waals surface area contributed by atoms with Crippen LogP contribution in [0.2, 0.25) is 0 Å². The molecule has 0 atom stereocenters. The van der Waals surface area contributed by atoms with Crippen molar-refractivity contribution in [2.24, 2.45) is 0 Å². The first-order chi connectivity index (χ1) is 19.3. The Morgan fingerprint density at radius 2 is 1.59 bits per heavy atom. The average molecular weight is 527 g/mol. The van der Waals surface area contributed by atoms with Crippen LogP contribution in [-0.4, -0.2) is 81.8 Å². The third kappa shape index (κ3) is 5.35. The number of benzene rings is 2. The van der Waals surface area contributed by atoms with Crippen molar-refractivity contribution in [2.45, 2.75) is 32.0 Å². The van der Waals surface area contributed by atoms with Crippen molar-refractivity contribution >= 4 is 22.9 Å². The number of nitrogens with one attached hydrogen (secondary N) is 2. The van der Waals surface area contributed by atoms with Crippen molar-refractivity contribution in [1.29, 1.82) is 0 Å². The fourth-order valence-electron chi connectivity index (χ4n) is 5.74. The fourth-order valence-corrected chi connectivity index (χ4v) is 5.74. The summed E-state index contributed by atoms with van der Waals surface area (Å²) in [6.07, 6.45) is 3.88. The number of fused-ring (bicyclic) bond motifs is 2. The van der Waals surface area contributed by atoms with Crippen LogP contribution >= 0.6 is 0 Å². The molecule has 10 heteroatoms. The van der Waals surface area contributed by atoms with Crippen molar-refractivity contribution in [3.63, 3.8) is 0 Å². The van der Waals surface area contributed by atoms with Gasteiger partial charge < -0.3 is 24.7 Å². The minimum Gasteiger partial charge on any atom is -0.454 e. The molecule has 3 aliphatic heterocycles. The summed E-state index contributed by atoms with van der Waals surface area (Å²) in [7, 11) is 0. The topological polar surface area (TPSA) is 94.7 Å². The Morgan fingerprint density at radius 3 is 2.44 bits per heavy atom. The van der Waals surface area contributed by atoms with Gasteiger partial charge in [0.15, 0.2) is 23.0 Å². The lowest BCUT2D eigenvalue weighted by Gasteiger charge is -2.35. The Bertz CT molecular complexity index is 1410. The molecular formula is C29H34N8O2. The van der Waals surface area contributed by atoms with E-state index in [2.05, 4.69) is 72.4 Å². The van der Waals surface area contributed by atoms with Crippen molar-refractivity contribution in [2.75, 3.05) is 56.3 Å². The second kappa shape index (κ2) is 10.7. The van der Waals surface area contributed by atoms with Gasteiger partial charge in [0.1, 0.15) is 5.52 Å². The first kappa shape index (κ1) is 24.2. The molecule has 0 aliphatic carbocycles. The summed E-state index contributed by atoms with van der Waals surface area (Å²) in [5, 5.41) is 3.73. The zero-order valence-corrected chi connectivity index (χ0v) is 22.1. The maximum absolute atomic E-state index is 5.54. The average Bonchev–Trinajstić information content (AvgIpc) is 3.65. The number of nitrogens with zero attached hydrogens (tertiary/aromatic N) is 6. The Balaban J connectivity index is 0.975. The third-order valence-electron chi connectivity index (χ3n) is 7.95. The summed E-state index contributed by atoms with van der Waals surface area (Å²) < 4.78 is 11.0. The van der Waals surface area contributed by atoms with Gasteiger partial charge in [0.05, 0.1) is 6.33 Å². The molecule has 2 N–H and O–H groups in total.